The van der Waals surface area contributed by atoms with Gasteiger partial charge in [0.05, 0.1) is 11.3 Å². The van der Waals surface area contributed by atoms with E-state index in [9.17, 15) is 9.59 Å². The molecule has 1 aliphatic carbocycles. The molecule has 0 unspecified atom stereocenters. The van der Waals surface area contributed by atoms with Gasteiger partial charge < -0.3 is 21.1 Å². The van der Waals surface area contributed by atoms with Gasteiger partial charge >= 0.3 is 0 Å². The summed E-state index contributed by atoms with van der Waals surface area (Å²) in [7, 11) is 0. The van der Waals surface area contributed by atoms with Crippen LogP contribution in [0.15, 0.2) is 65.6 Å². The minimum atomic E-state index is -0.441. The smallest absolute Gasteiger partial charge is 0.288 e. The van der Waals surface area contributed by atoms with Gasteiger partial charge in [-0.05, 0) is 68.5 Å². The first-order valence-corrected chi connectivity index (χ1v) is 12.3. The molecule has 6 N–H and O–H groups in total. The van der Waals surface area contributed by atoms with Gasteiger partial charge in [-0.1, -0.05) is 19.1 Å². The van der Waals surface area contributed by atoms with Crippen LogP contribution in [0.2, 0.25) is 0 Å². The lowest BCUT2D eigenvalue weighted by atomic mass is 9.90. The highest BCUT2D eigenvalue weighted by molar-refractivity contribution is 6.16. The number of anilines is 2. The third kappa shape index (κ3) is 6.60. The molecule has 0 bridgehead atoms. The maximum absolute atomic E-state index is 12.7. The number of nitrogens with zero attached hydrogens (tertiary/aromatic N) is 2. The molecule has 0 spiro atoms. The number of rotatable bonds is 9. The Morgan fingerprint density at radius 3 is 2.57 bits per heavy atom. The number of nitrogen functional groups attached to an aromatic ring is 1. The largest absolute Gasteiger partial charge is 0.439 e. The first-order chi connectivity index (χ1) is 17.9. The molecule has 2 heterocycles. The molecule has 192 valence electrons. The van der Waals surface area contributed by atoms with Crippen LogP contribution in [-0.4, -0.2) is 38.9 Å². The number of amides is 1. The fourth-order valence-electron chi connectivity index (χ4n) is 4.28. The van der Waals surface area contributed by atoms with E-state index in [4.69, 9.17) is 15.9 Å². The number of hydrogen-bond acceptors (Lipinski definition) is 8. The number of aromatic amines is 1. The van der Waals surface area contributed by atoms with Crippen molar-refractivity contribution in [2.24, 2.45) is 0 Å². The van der Waals surface area contributed by atoms with Crippen molar-refractivity contribution in [1.29, 1.82) is 5.41 Å². The van der Waals surface area contributed by atoms with Gasteiger partial charge in [-0.2, -0.15) is 5.10 Å². The molecule has 10 nitrogen and oxygen atoms in total. The van der Waals surface area contributed by atoms with Gasteiger partial charge in [0.2, 0.25) is 11.8 Å². The van der Waals surface area contributed by atoms with Crippen molar-refractivity contribution in [2.75, 3.05) is 11.1 Å². The molecular weight excluding hydrogens is 470 g/mol. The number of H-pyrrole nitrogens is 1. The lowest BCUT2D eigenvalue weighted by Crippen LogP contribution is -2.40. The van der Waals surface area contributed by atoms with Crippen LogP contribution in [0.1, 0.15) is 50.2 Å². The normalized spacial score (nSPS) is 17.3. The maximum atomic E-state index is 12.7. The third-order valence-electron chi connectivity index (χ3n) is 6.19. The maximum Gasteiger partial charge on any atom is 0.288 e. The minimum Gasteiger partial charge on any atom is -0.439 e. The Balaban J connectivity index is 1.45. The molecule has 10 heteroatoms. The van der Waals surface area contributed by atoms with Crippen molar-refractivity contribution in [3.8, 4) is 11.6 Å². The molecule has 0 atom stereocenters. The zero-order valence-electron chi connectivity index (χ0n) is 20.7. The quantitative estimate of drug-likeness (QED) is 0.220. The molecule has 1 amide bonds. The Morgan fingerprint density at radius 2 is 1.89 bits per heavy atom. The van der Waals surface area contributed by atoms with Crippen LogP contribution < -0.4 is 26.7 Å². The number of allylic oxidation sites excluding steroid dienone is 1. The SMILES string of the molecule is CC/C=C/C(=O)NC1CCC(Nc2c(C(=N)c3ccc(Oc4ccccn4)cc3)c(N)n[nH]c2=O)CC1. The second-order valence-corrected chi connectivity index (χ2v) is 8.87. The molecule has 37 heavy (non-hydrogen) atoms. The van der Waals surface area contributed by atoms with E-state index in [-0.39, 0.29) is 40.8 Å². The number of nitrogens with one attached hydrogen (secondary N) is 4. The first-order valence-electron chi connectivity index (χ1n) is 12.3. The van der Waals surface area contributed by atoms with Crippen LogP contribution in [0.4, 0.5) is 11.5 Å². The van der Waals surface area contributed by atoms with E-state index in [0.29, 0.717) is 17.2 Å². The number of pyridine rings is 1. The number of aromatic nitrogens is 3. The highest BCUT2D eigenvalue weighted by atomic mass is 16.5. The lowest BCUT2D eigenvalue weighted by Gasteiger charge is -2.30. The highest BCUT2D eigenvalue weighted by Gasteiger charge is 2.25. The second-order valence-electron chi connectivity index (χ2n) is 8.87. The van der Waals surface area contributed by atoms with Crippen LogP contribution >= 0.6 is 0 Å². The molecule has 4 rings (SSSR count). The summed E-state index contributed by atoms with van der Waals surface area (Å²) in [5.41, 5.74) is 6.80. The monoisotopic (exact) mass is 501 g/mol. The summed E-state index contributed by atoms with van der Waals surface area (Å²) in [6.07, 6.45) is 8.95. The van der Waals surface area contributed by atoms with Crippen molar-refractivity contribution in [3.05, 3.63) is 82.3 Å². The van der Waals surface area contributed by atoms with E-state index < -0.39 is 5.56 Å². The Kier molecular flexibility index (Phi) is 8.29. The van der Waals surface area contributed by atoms with Gasteiger partial charge in [-0.15, -0.1) is 0 Å². The van der Waals surface area contributed by atoms with Crippen molar-refractivity contribution >= 4 is 23.1 Å². The Labute approximate surface area is 214 Å². The van der Waals surface area contributed by atoms with Gasteiger partial charge in [0.1, 0.15) is 11.4 Å². The van der Waals surface area contributed by atoms with Gasteiger partial charge in [-0.25, -0.2) is 10.1 Å². The van der Waals surface area contributed by atoms with Crippen molar-refractivity contribution in [1.82, 2.24) is 20.5 Å². The zero-order chi connectivity index (χ0) is 26.2. The summed E-state index contributed by atoms with van der Waals surface area (Å²) in [6.45, 7) is 1.98. The van der Waals surface area contributed by atoms with E-state index in [1.54, 1.807) is 48.7 Å². The van der Waals surface area contributed by atoms with Gasteiger partial charge in [0.25, 0.3) is 5.56 Å². The molecule has 3 aromatic rings. The van der Waals surface area contributed by atoms with Crippen LogP contribution in [0.3, 0.4) is 0 Å². The number of ether oxygens (including phenoxy) is 1. The summed E-state index contributed by atoms with van der Waals surface area (Å²) in [5.74, 6) is 1.01. The lowest BCUT2D eigenvalue weighted by molar-refractivity contribution is -0.117. The van der Waals surface area contributed by atoms with Gasteiger partial charge in [-0.3, -0.25) is 15.0 Å². The van der Waals surface area contributed by atoms with Gasteiger partial charge in [0, 0.05) is 29.9 Å². The fraction of sp³-hybridized carbons (Fsp3) is 0.296. The molecule has 1 fully saturated rings. The molecular formula is C27H31N7O3. The number of carbonyl (C=O) groups is 1. The fourth-order valence-corrected chi connectivity index (χ4v) is 4.28. The number of carbonyl (C=O) groups excluding carboxylic acids is 1. The highest BCUT2D eigenvalue weighted by Crippen LogP contribution is 2.27. The van der Waals surface area contributed by atoms with Crippen LogP contribution in [0.25, 0.3) is 0 Å². The van der Waals surface area contributed by atoms with E-state index in [2.05, 4.69) is 25.8 Å². The first kappa shape index (κ1) is 25.6. The average Bonchev–Trinajstić information content (AvgIpc) is 2.91. The topological polar surface area (TPSA) is 159 Å². The van der Waals surface area contributed by atoms with E-state index in [1.807, 2.05) is 19.1 Å². The molecule has 0 aliphatic heterocycles. The molecule has 2 aromatic heterocycles. The second kappa shape index (κ2) is 12.0. The Morgan fingerprint density at radius 1 is 1.16 bits per heavy atom. The minimum absolute atomic E-state index is 0.00272. The molecule has 1 saturated carbocycles. The molecule has 1 aliphatic rings. The van der Waals surface area contributed by atoms with Crippen molar-refractivity contribution in [2.45, 2.75) is 51.1 Å². The summed E-state index contributed by atoms with van der Waals surface area (Å²) < 4.78 is 5.72. The molecule has 1 aromatic carbocycles. The van der Waals surface area contributed by atoms with Crippen molar-refractivity contribution < 1.29 is 9.53 Å². The Bertz CT molecular complexity index is 1310. The average molecular weight is 502 g/mol. The standard InChI is InChI=1S/C27H31N7O3/c1-2-3-6-21(35)31-18-10-12-19(13-11-18)32-25-23(26(29)33-34-27(25)36)24(28)17-8-14-20(15-9-17)37-22-7-4-5-16-30-22/h3-9,14-16,18-19,28H,2,10-13H2,1H3,(H,31,35)(H,34,36)(H3,29,32,33)/b6-3+,28-24?. The van der Waals surface area contributed by atoms with Crippen LogP contribution in [0.5, 0.6) is 11.6 Å². The summed E-state index contributed by atoms with van der Waals surface area (Å²) >= 11 is 0. The summed E-state index contributed by atoms with van der Waals surface area (Å²) in [4.78, 5) is 28.9. The number of benzene rings is 1. The van der Waals surface area contributed by atoms with Crippen LogP contribution in [0, 0.1) is 5.41 Å². The molecule has 0 radical (unpaired) electrons. The zero-order valence-corrected chi connectivity index (χ0v) is 20.7. The van der Waals surface area contributed by atoms with Gasteiger partial charge in [0.15, 0.2) is 5.82 Å². The Hall–Kier alpha value is -4.47. The summed E-state index contributed by atoms with van der Waals surface area (Å²) in [6, 6.07) is 12.4. The van der Waals surface area contributed by atoms with E-state index in [1.165, 1.54) is 0 Å². The van der Waals surface area contributed by atoms with E-state index >= 15 is 0 Å². The third-order valence-corrected chi connectivity index (χ3v) is 6.19. The number of nitrogens with two attached hydrogens (primary N) is 1. The predicted molar refractivity (Wildman–Crippen MR) is 143 cm³/mol. The molecule has 0 saturated heterocycles. The summed E-state index contributed by atoms with van der Waals surface area (Å²) in [5, 5.41) is 21.4. The van der Waals surface area contributed by atoms with Crippen LogP contribution in [-0.2, 0) is 4.79 Å². The van der Waals surface area contributed by atoms with Crippen molar-refractivity contribution in [3.63, 3.8) is 0 Å². The predicted octanol–water partition coefficient (Wildman–Crippen LogP) is 3.76. The number of hydrogen-bond donors (Lipinski definition) is 5. The van der Waals surface area contributed by atoms with E-state index in [0.717, 1.165) is 32.1 Å².